The van der Waals surface area contributed by atoms with Crippen LogP contribution in [0.4, 0.5) is 0 Å². The van der Waals surface area contributed by atoms with E-state index in [1.165, 1.54) is 11.1 Å². The monoisotopic (exact) mass is 261 g/mol. The summed E-state index contributed by atoms with van der Waals surface area (Å²) in [5, 5.41) is 3.77. The summed E-state index contributed by atoms with van der Waals surface area (Å²) >= 11 is 0. The smallest absolute Gasteiger partial charge is 0.0666 e. The highest BCUT2D eigenvalue weighted by atomic mass is 16.5. The Balaban J connectivity index is 1.97. The normalized spacial score (nSPS) is 29.2. The Kier molecular flexibility index (Phi) is 4.64. The fourth-order valence-corrected chi connectivity index (χ4v) is 2.91. The average Bonchev–Trinajstić information content (AvgIpc) is 2.39. The fourth-order valence-electron chi connectivity index (χ4n) is 2.91. The zero-order valence-corrected chi connectivity index (χ0v) is 12.7. The molecule has 2 unspecified atom stereocenters. The van der Waals surface area contributed by atoms with Gasteiger partial charge in [-0.25, -0.2) is 0 Å². The molecule has 0 aromatic heterocycles. The van der Waals surface area contributed by atoms with Crippen LogP contribution in [0.5, 0.6) is 0 Å². The Morgan fingerprint density at radius 2 is 2.26 bits per heavy atom. The van der Waals surface area contributed by atoms with Crippen molar-refractivity contribution in [1.29, 1.82) is 0 Å². The van der Waals surface area contributed by atoms with Crippen molar-refractivity contribution >= 4 is 0 Å². The first-order valence-corrected chi connectivity index (χ1v) is 7.49. The molecule has 1 aliphatic rings. The van der Waals surface area contributed by atoms with Gasteiger partial charge in [-0.1, -0.05) is 36.8 Å². The molecule has 1 aliphatic heterocycles. The van der Waals surface area contributed by atoms with Crippen molar-refractivity contribution in [1.82, 2.24) is 5.32 Å². The van der Waals surface area contributed by atoms with Crippen molar-refractivity contribution in [3.8, 4) is 0 Å². The Bertz CT molecular complexity index is 417. The second-order valence-corrected chi connectivity index (χ2v) is 6.14. The van der Waals surface area contributed by atoms with E-state index in [0.29, 0.717) is 12.1 Å². The van der Waals surface area contributed by atoms with Crippen LogP contribution in [0.1, 0.15) is 57.2 Å². The van der Waals surface area contributed by atoms with E-state index < -0.39 is 0 Å². The highest BCUT2D eigenvalue weighted by Crippen LogP contribution is 2.29. The molecule has 1 heterocycles. The molecule has 0 radical (unpaired) electrons. The van der Waals surface area contributed by atoms with E-state index in [1.807, 2.05) is 0 Å². The molecular formula is C17H27NO. The molecule has 19 heavy (non-hydrogen) atoms. The molecule has 2 heteroatoms. The predicted molar refractivity (Wildman–Crippen MR) is 80.4 cm³/mol. The predicted octanol–water partition coefficient (Wildman–Crippen LogP) is 3.99. The second-order valence-electron chi connectivity index (χ2n) is 6.14. The molecule has 2 nitrogen and oxygen atoms in total. The van der Waals surface area contributed by atoms with Crippen molar-refractivity contribution in [3.63, 3.8) is 0 Å². The molecule has 1 aromatic rings. The number of benzene rings is 1. The highest BCUT2D eigenvalue weighted by Gasteiger charge is 2.32. The summed E-state index contributed by atoms with van der Waals surface area (Å²) in [7, 11) is 0. The van der Waals surface area contributed by atoms with Crippen molar-refractivity contribution in [3.05, 3.63) is 35.4 Å². The number of hydrogen-bond donors (Lipinski definition) is 1. The molecule has 0 amide bonds. The minimum absolute atomic E-state index is 0.0578. The summed E-state index contributed by atoms with van der Waals surface area (Å²) in [4.78, 5) is 0. The molecule has 1 N–H and O–H groups in total. The van der Waals surface area contributed by atoms with Crippen LogP contribution < -0.4 is 5.32 Å². The topological polar surface area (TPSA) is 21.3 Å². The van der Waals surface area contributed by atoms with Crippen LogP contribution in [-0.4, -0.2) is 18.2 Å². The SMILES string of the molecule is CCC1(C)CC(N[C@H](C)c2cccc(C)c2)CCO1. The van der Waals surface area contributed by atoms with Crippen LogP contribution in [0, 0.1) is 6.92 Å². The van der Waals surface area contributed by atoms with Crippen molar-refractivity contribution in [2.75, 3.05) is 6.61 Å². The lowest BCUT2D eigenvalue weighted by atomic mass is 9.89. The average molecular weight is 261 g/mol. The van der Waals surface area contributed by atoms with Crippen LogP contribution in [0.25, 0.3) is 0 Å². The van der Waals surface area contributed by atoms with Gasteiger partial charge in [0.05, 0.1) is 5.60 Å². The van der Waals surface area contributed by atoms with Gasteiger partial charge in [-0.2, -0.15) is 0 Å². The van der Waals surface area contributed by atoms with E-state index >= 15 is 0 Å². The van der Waals surface area contributed by atoms with Gasteiger partial charge >= 0.3 is 0 Å². The Morgan fingerprint density at radius 1 is 1.47 bits per heavy atom. The highest BCUT2D eigenvalue weighted by molar-refractivity contribution is 5.24. The molecule has 0 aliphatic carbocycles. The van der Waals surface area contributed by atoms with Crippen LogP contribution in [0.3, 0.4) is 0 Å². The van der Waals surface area contributed by atoms with Gasteiger partial charge in [-0.05, 0) is 45.6 Å². The minimum Gasteiger partial charge on any atom is -0.375 e. The molecule has 1 aromatic carbocycles. The standard InChI is InChI=1S/C17H27NO/c1-5-17(4)12-16(9-10-19-17)18-14(3)15-8-6-7-13(2)11-15/h6-8,11,14,16,18H,5,9-10,12H2,1-4H3/t14-,16?,17?/m1/s1. The summed E-state index contributed by atoms with van der Waals surface area (Å²) in [6, 6.07) is 9.75. The molecule has 0 spiro atoms. The number of hydrogen-bond acceptors (Lipinski definition) is 2. The van der Waals surface area contributed by atoms with Gasteiger partial charge in [-0.3, -0.25) is 0 Å². The third kappa shape index (κ3) is 3.80. The summed E-state index contributed by atoms with van der Waals surface area (Å²) in [6.07, 6.45) is 3.31. The third-order valence-electron chi connectivity index (χ3n) is 4.37. The summed E-state index contributed by atoms with van der Waals surface area (Å²) in [6.45, 7) is 9.74. The van der Waals surface area contributed by atoms with Crippen molar-refractivity contribution < 1.29 is 4.74 Å². The number of aryl methyl sites for hydroxylation is 1. The Morgan fingerprint density at radius 3 is 2.95 bits per heavy atom. The lowest BCUT2D eigenvalue weighted by molar-refractivity contribution is -0.0789. The van der Waals surface area contributed by atoms with Gasteiger partial charge in [-0.15, -0.1) is 0 Å². The maximum Gasteiger partial charge on any atom is 0.0666 e. The van der Waals surface area contributed by atoms with E-state index in [4.69, 9.17) is 4.74 Å². The summed E-state index contributed by atoms with van der Waals surface area (Å²) < 4.78 is 5.91. The van der Waals surface area contributed by atoms with Crippen LogP contribution >= 0.6 is 0 Å². The quantitative estimate of drug-likeness (QED) is 0.884. The molecule has 1 fully saturated rings. The largest absolute Gasteiger partial charge is 0.375 e. The molecule has 3 atom stereocenters. The van der Waals surface area contributed by atoms with Gasteiger partial charge in [0.25, 0.3) is 0 Å². The fraction of sp³-hybridized carbons (Fsp3) is 0.647. The Labute approximate surface area is 117 Å². The van der Waals surface area contributed by atoms with Gasteiger partial charge in [0.2, 0.25) is 0 Å². The van der Waals surface area contributed by atoms with E-state index in [2.05, 4.69) is 57.3 Å². The van der Waals surface area contributed by atoms with Crippen LogP contribution in [0.2, 0.25) is 0 Å². The minimum atomic E-state index is 0.0578. The molecule has 0 saturated carbocycles. The second kappa shape index (κ2) is 6.06. The van der Waals surface area contributed by atoms with Crippen molar-refractivity contribution in [2.45, 2.75) is 64.6 Å². The maximum atomic E-state index is 5.91. The molecule has 106 valence electrons. The van der Waals surface area contributed by atoms with Gasteiger partial charge in [0, 0.05) is 18.7 Å². The van der Waals surface area contributed by atoms with Gasteiger partial charge in [0.15, 0.2) is 0 Å². The zero-order valence-electron chi connectivity index (χ0n) is 12.7. The first kappa shape index (κ1) is 14.5. The number of nitrogens with one attached hydrogen (secondary N) is 1. The molecule has 2 rings (SSSR count). The lowest BCUT2D eigenvalue weighted by Gasteiger charge is -2.39. The first-order chi connectivity index (χ1) is 9.02. The summed E-state index contributed by atoms with van der Waals surface area (Å²) in [5.41, 5.74) is 2.77. The number of ether oxygens (including phenoxy) is 1. The first-order valence-electron chi connectivity index (χ1n) is 7.49. The van der Waals surface area contributed by atoms with E-state index in [-0.39, 0.29) is 5.60 Å². The van der Waals surface area contributed by atoms with Gasteiger partial charge < -0.3 is 10.1 Å². The molecule has 1 saturated heterocycles. The van der Waals surface area contributed by atoms with E-state index in [0.717, 1.165) is 25.9 Å². The number of rotatable bonds is 4. The van der Waals surface area contributed by atoms with Crippen molar-refractivity contribution in [2.24, 2.45) is 0 Å². The maximum absolute atomic E-state index is 5.91. The third-order valence-corrected chi connectivity index (χ3v) is 4.37. The zero-order chi connectivity index (χ0) is 13.9. The Hall–Kier alpha value is -0.860. The lowest BCUT2D eigenvalue weighted by Crippen LogP contribution is -2.45. The van der Waals surface area contributed by atoms with E-state index in [9.17, 15) is 0 Å². The molecule has 0 bridgehead atoms. The molecular weight excluding hydrogens is 234 g/mol. The summed E-state index contributed by atoms with van der Waals surface area (Å²) in [5.74, 6) is 0. The van der Waals surface area contributed by atoms with Crippen LogP contribution in [-0.2, 0) is 4.74 Å². The van der Waals surface area contributed by atoms with E-state index in [1.54, 1.807) is 0 Å². The van der Waals surface area contributed by atoms with Crippen LogP contribution in [0.15, 0.2) is 24.3 Å². The van der Waals surface area contributed by atoms with Gasteiger partial charge in [0.1, 0.15) is 0 Å².